The van der Waals surface area contributed by atoms with Gasteiger partial charge in [0.05, 0.1) is 16.9 Å². The number of anilines is 2. The molecule has 27 heavy (non-hydrogen) atoms. The quantitative estimate of drug-likeness (QED) is 0.777. The summed E-state index contributed by atoms with van der Waals surface area (Å²) in [5.74, 6) is 0.657. The topological polar surface area (TPSA) is 48.9 Å². The van der Waals surface area contributed by atoms with Crippen LogP contribution in [0.3, 0.4) is 0 Å². The van der Waals surface area contributed by atoms with Gasteiger partial charge in [-0.3, -0.25) is 0 Å². The van der Waals surface area contributed by atoms with E-state index in [0.717, 1.165) is 61.4 Å². The highest BCUT2D eigenvalue weighted by molar-refractivity contribution is 7.16. The first kappa shape index (κ1) is 18.4. The number of nitrogens with zero attached hydrogens (tertiary/aromatic N) is 2. The van der Waals surface area contributed by atoms with E-state index in [2.05, 4.69) is 28.5 Å². The molecule has 1 unspecified atom stereocenters. The molecule has 0 amide bonds. The largest absolute Gasteiger partial charge is 0.382 e. The van der Waals surface area contributed by atoms with Crippen LogP contribution in [0, 0.1) is 12.7 Å². The van der Waals surface area contributed by atoms with E-state index >= 15 is 0 Å². The van der Waals surface area contributed by atoms with Crippen molar-refractivity contribution in [2.75, 3.05) is 38.2 Å². The lowest BCUT2D eigenvalue weighted by Gasteiger charge is -2.35. The van der Waals surface area contributed by atoms with Gasteiger partial charge in [-0.05, 0) is 38.5 Å². The molecule has 4 rings (SSSR count). The van der Waals surface area contributed by atoms with E-state index in [1.165, 1.54) is 17.0 Å². The Balaban J connectivity index is 1.66. The third-order valence-corrected chi connectivity index (χ3v) is 5.87. The molecule has 1 aromatic carbocycles. The minimum Gasteiger partial charge on any atom is -0.382 e. The molecule has 1 saturated heterocycles. The number of benzene rings is 1. The number of ether oxygens (including phenoxy) is 1. The Morgan fingerprint density at radius 1 is 1.37 bits per heavy atom. The molecule has 0 saturated carbocycles. The average molecular weight is 389 g/mol. The van der Waals surface area contributed by atoms with Crippen molar-refractivity contribution in [3.63, 3.8) is 0 Å². The number of aryl methyl sites for hydroxylation is 1. The number of rotatable bonds is 4. The van der Waals surface area contributed by atoms with Crippen molar-refractivity contribution >= 4 is 33.5 Å². The van der Waals surface area contributed by atoms with Crippen LogP contribution in [-0.2, 0) is 4.74 Å². The monoisotopic (exact) mass is 388 g/mol. The maximum atomic E-state index is 13.8. The molecular formula is C20H25FN4OS. The van der Waals surface area contributed by atoms with Crippen LogP contribution in [0.5, 0.6) is 0 Å². The summed E-state index contributed by atoms with van der Waals surface area (Å²) in [7, 11) is 0. The van der Waals surface area contributed by atoms with Crippen LogP contribution in [0.2, 0.25) is 0 Å². The molecule has 0 bridgehead atoms. The van der Waals surface area contributed by atoms with Gasteiger partial charge >= 0.3 is 0 Å². The maximum Gasteiger partial charge on any atom is 0.139 e. The minimum atomic E-state index is -0.269. The molecule has 144 valence electrons. The van der Waals surface area contributed by atoms with Gasteiger partial charge in [-0.1, -0.05) is 0 Å². The zero-order valence-corrected chi connectivity index (χ0v) is 16.5. The van der Waals surface area contributed by atoms with E-state index in [1.54, 1.807) is 17.4 Å². The standard InChI is InChI=1S/C20H25FN4OS/c1-3-26-9-6-15-12-25(8-7-22-15)19-16-10-13(2)27-20(16)24-17-5-4-14(21)11-18(17)23-19/h4-5,10-11,15,22,24H,3,6-9,12H2,1-2H3. The number of thiophene rings is 1. The van der Waals surface area contributed by atoms with E-state index in [9.17, 15) is 4.39 Å². The zero-order valence-electron chi connectivity index (χ0n) is 15.7. The average Bonchev–Trinajstić information content (AvgIpc) is 2.95. The predicted molar refractivity (Wildman–Crippen MR) is 109 cm³/mol. The first-order chi connectivity index (χ1) is 13.1. The fraction of sp³-hybridized carbons (Fsp3) is 0.450. The Bertz CT molecular complexity index is 851. The number of piperazine rings is 1. The Hall–Kier alpha value is -1.96. The van der Waals surface area contributed by atoms with E-state index in [0.29, 0.717) is 11.7 Å². The molecule has 2 N–H and O–H groups in total. The lowest BCUT2D eigenvalue weighted by molar-refractivity contribution is 0.128. The van der Waals surface area contributed by atoms with Crippen molar-refractivity contribution in [2.24, 2.45) is 4.99 Å². The third kappa shape index (κ3) is 4.00. The Morgan fingerprint density at radius 2 is 2.26 bits per heavy atom. The van der Waals surface area contributed by atoms with Gasteiger partial charge in [0.2, 0.25) is 0 Å². The number of nitrogens with one attached hydrogen (secondary N) is 2. The van der Waals surface area contributed by atoms with Crippen LogP contribution in [0.25, 0.3) is 0 Å². The van der Waals surface area contributed by atoms with Crippen molar-refractivity contribution in [1.29, 1.82) is 0 Å². The fourth-order valence-electron chi connectivity index (χ4n) is 3.60. The number of amidine groups is 1. The molecule has 0 spiro atoms. The van der Waals surface area contributed by atoms with Gasteiger partial charge in [0, 0.05) is 49.8 Å². The first-order valence-corrected chi connectivity index (χ1v) is 10.3. The van der Waals surface area contributed by atoms with Crippen LogP contribution >= 0.6 is 11.3 Å². The van der Waals surface area contributed by atoms with E-state index < -0.39 is 0 Å². The summed E-state index contributed by atoms with van der Waals surface area (Å²) in [6.45, 7) is 8.27. The lowest BCUT2D eigenvalue weighted by atomic mass is 10.1. The van der Waals surface area contributed by atoms with Crippen LogP contribution in [0.15, 0.2) is 29.3 Å². The number of halogens is 1. The predicted octanol–water partition coefficient (Wildman–Crippen LogP) is 4.03. The van der Waals surface area contributed by atoms with Crippen molar-refractivity contribution in [1.82, 2.24) is 10.2 Å². The van der Waals surface area contributed by atoms with Crippen LogP contribution in [0.1, 0.15) is 23.8 Å². The van der Waals surface area contributed by atoms with Gasteiger partial charge in [0.1, 0.15) is 16.7 Å². The summed E-state index contributed by atoms with van der Waals surface area (Å²) >= 11 is 1.71. The lowest BCUT2D eigenvalue weighted by Crippen LogP contribution is -2.53. The molecule has 0 radical (unpaired) electrons. The van der Waals surface area contributed by atoms with E-state index in [-0.39, 0.29) is 5.82 Å². The molecule has 5 nitrogen and oxygen atoms in total. The number of hydrogen-bond donors (Lipinski definition) is 2. The third-order valence-electron chi connectivity index (χ3n) is 4.90. The van der Waals surface area contributed by atoms with Crippen LogP contribution < -0.4 is 10.6 Å². The minimum absolute atomic E-state index is 0.269. The Labute approximate surface area is 163 Å². The molecule has 2 aliphatic heterocycles. The summed E-state index contributed by atoms with van der Waals surface area (Å²) in [5, 5.41) is 8.09. The Kier molecular flexibility index (Phi) is 5.43. The second-order valence-corrected chi connectivity index (χ2v) is 8.16. The fourth-order valence-corrected chi connectivity index (χ4v) is 4.51. The van der Waals surface area contributed by atoms with Gasteiger partial charge in [0.25, 0.3) is 0 Å². The Morgan fingerprint density at radius 3 is 3.11 bits per heavy atom. The molecular weight excluding hydrogens is 363 g/mol. The number of aliphatic imine (C=N–C) groups is 1. The first-order valence-electron chi connectivity index (χ1n) is 9.46. The zero-order chi connectivity index (χ0) is 18.8. The summed E-state index contributed by atoms with van der Waals surface area (Å²) in [6, 6.07) is 7.27. The second kappa shape index (κ2) is 7.96. The van der Waals surface area contributed by atoms with E-state index in [4.69, 9.17) is 9.73 Å². The molecule has 0 aliphatic carbocycles. The van der Waals surface area contributed by atoms with Gasteiger partial charge in [-0.2, -0.15) is 0 Å². The van der Waals surface area contributed by atoms with E-state index in [1.807, 2.05) is 6.92 Å². The highest BCUT2D eigenvalue weighted by atomic mass is 32.1. The summed E-state index contributed by atoms with van der Waals surface area (Å²) < 4.78 is 19.3. The van der Waals surface area contributed by atoms with Crippen molar-refractivity contribution < 1.29 is 9.13 Å². The highest BCUT2D eigenvalue weighted by Crippen LogP contribution is 2.39. The molecule has 7 heteroatoms. The normalized spacial score (nSPS) is 19.0. The van der Waals surface area contributed by atoms with Gasteiger partial charge in [-0.25, -0.2) is 9.38 Å². The van der Waals surface area contributed by atoms with Gasteiger partial charge in [0.15, 0.2) is 0 Å². The van der Waals surface area contributed by atoms with Gasteiger partial charge in [-0.15, -0.1) is 11.3 Å². The van der Waals surface area contributed by atoms with Gasteiger partial charge < -0.3 is 20.3 Å². The number of hydrogen-bond acceptors (Lipinski definition) is 6. The molecule has 1 atom stereocenters. The molecule has 3 heterocycles. The maximum absolute atomic E-state index is 13.8. The second-order valence-electron chi connectivity index (χ2n) is 6.90. The van der Waals surface area contributed by atoms with Crippen molar-refractivity contribution in [3.8, 4) is 0 Å². The summed E-state index contributed by atoms with van der Waals surface area (Å²) in [5.41, 5.74) is 2.59. The number of fused-ring (bicyclic) bond motifs is 2. The molecule has 1 aromatic heterocycles. The molecule has 2 aromatic rings. The highest BCUT2D eigenvalue weighted by Gasteiger charge is 2.27. The van der Waals surface area contributed by atoms with Crippen LogP contribution in [-0.4, -0.2) is 49.6 Å². The smallest absolute Gasteiger partial charge is 0.139 e. The van der Waals surface area contributed by atoms with Crippen molar-refractivity contribution in [3.05, 3.63) is 40.5 Å². The van der Waals surface area contributed by atoms with Crippen LogP contribution in [0.4, 0.5) is 20.8 Å². The summed E-state index contributed by atoms with van der Waals surface area (Å²) in [4.78, 5) is 8.45. The SMILES string of the molecule is CCOCCC1CN(C2=Nc3cc(F)ccc3Nc3sc(C)cc32)CCN1. The molecule has 2 aliphatic rings. The molecule has 1 fully saturated rings. The summed E-state index contributed by atoms with van der Waals surface area (Å²) in [6.07, 6.45) is 0.969. The van der Waals surface area contributed by atoms with Crippen molar-refractivity contribution in [2.45, 2.75) is 26.3 Å².